The van der Waals surface area contributed by atoms with Gasteiger partial charge in [-0.3, -0.25) is 14.2 Å². The molecule has 0 aliphatic heterocycles. The molecule has 0 fully saturated rings. The van der Waals surface area contributed by atoms with E-state index in [-0.39, 0.29) is 11.3 Å². The minimum Gasteiger partial charge on any atom is -0.298 e. The zero-order valence-corrected chi connectivity index (χ0v) is 14.7. The molecule has 2 aromatic carbocycles. The number of fused-ring (bicyclic) bond motifs is 2. The van der Waals surface area contributed by atoms with Crippen molar-refractivity contribution in [3.05, 3.63) is 64.5 Å². The fraction of sp³-hybridized carbons (Fsp3) is 0.150. The molecule has 0 radical (unpaired) electrons. The molecule has 0 saturated heterocycles. The van der Waals surface area contributed by atoms with Crippen molar-refractivity contribution in [1.29, 1.82) is 0 Å². The topological polar surface area (TPSA) is 52.0 Å². The number of aromatic nitrogens is 2. The first kappa shape index (κ1) is 15.7. The number of hydrogen-bond acceptors (Lipinski definition) is 4. The maximum atomic E-state index is 13.0. The maximum Gasteiger partial charge on any atom is 0.263 e. The molecule has 0 amide bonds. The molecule has 25 heavy (non-hydrogen) atoms. The van der Waals surface area contributed by atoms with E-state index in [0.717, 1.165) is 21.9 Å². The molecule has 0 spiro atoms. The predicted octanol–water partition coefficient (Wildman–Crippen LogP) is 4.43. The Morgan fingerprint density at radius 3 is 2.68 bits per heavy atom. The Morgan fingerprint density at radius 2 is 1.92 bits per heavy atom. The molecular formula is C20H16N2O2S. The number of hydrogen-bond donors (Lipinski definition) is 0. The van der Waals surface area contributed by atoms with E-state index in [1.54, 1.807) is 6.92 Å². The van der Waals surface area contributed by atoms with E-state index < -0.39 is 6.04 Å². The summed E-state index contributed by atoms with van der Waals surface area (Å²) in [5.41, 5.74) is 1.68. The molecule has 0 bridgehead atoms. The molecule has 0 saturated carbocycles. The van der Waals surface area contributed by atoms with Crippen LogP contribution >= 0.6 is 11.3 Å². The number of carbonyl (C=O) groups is 1. The Balaban J connectivity index is 1.96. The highest BCUT2D eigenvalue weighted by atomic mass is 32.1. The monoisotopic (exact) mass is 348 g/mol. The molecule has 1 atom stereocenters. The van der Waals surface area contributed by atoms with E-state index >= 15 is 0 Å². The standard InChI is InChI=1S/C20H16N2O2S/c1-12(13(2)23)22-11-21-19-18(20(22)24)17(10-25-19)16-8-7-14-5-3-4-6-15(14)9-16/h3-12H,1-2H3. The highest BCUT2D eigenvalue weighted by Gasteiger charge is 2.18. The second kappa shape index (κ2) is 5.93. The summed E-state index contributed by atoms with van der Waals surface area (Å²) >= 11 is 1.45. The van der Waals surface area contributed by atoms with Crippen LogP contribution in [0, 0.1) is 0 Å². The van der Waals surface area contributed by atoms with E-state index in [2.05, 4.69) is 29.2 Å². The normalized spacial score (nSPS) is 12.6. The van der Waals surface area contributed by atoms with Crippen LogP contribution in [-0.2, 0) is 4.79 Å². The molecular weight excluding hydrogens is 332 g/mol. The van der Waals surface area contributed by atoms with Gasteiger partial charge >= 0.3 is 0 Å². The lowest BCUT2D eigenvalue weighted by Crippen LogP contribution is -2.27. The van der Waals surface area contributed by atoms with Gasteiger partial charge in [-0.25, -0.2) is 4.98 Å². The zero-order valence-electron chi connectivity index (χ0n) is 13.9. The van der Waals surface area contributed by atoms with E-state index in [0.29, 0.717) is 10.2 Å². The van der Waals surface area contributed by atoms with Crippen molar-refractivity contribution in [2.75, 3.05) is 0 Å². The summed E-state index contributed by atoms with van der Waals surface area (Å²) in [4.78, 5) is 29.7. The fourth-order valence-corrected chi connectivity index (χ4v) is 3.89. The lowest BCUT2D eigenvalue weighted by Gasteiger charge is -2.11. The number of thiophene rings is 1. The SMILES string of the molecule is CC(=O)C(C)n1cnc2scc(-c3ccc4ccccc4c3)c2c1=O. The number of carbonyl (C=O) groups excluding carboxylic acids is 1. The summed E-state index contributed by atoms with van der Waals surface area (Å²) in [5, 5.41) is 4.83. The van der Waals surface area contributed by atoms with Gasteiger partial charge in [-0.2, -0.15) is 0 Å². The van der Waals surface area contributed by atoms with Gasteiger partial charge in [0.15, 0.2) is 5.78 Å². The summed E-state index contributed by atoms with van der Waals surface area (Å²) in [6, 6.07) is 13.8. The molecule has 0 aliphatic carbocycles. The van der Waals surface area contributed by atoms with Crippen molar-refractivity contribution in [3.63, 3.8) is 0 Å². The molecule has 5 heteroatoms. The van der Waals surface area contributed by atoms with Crippen LogP contribution in [0.5, 0.6) is 0 Å². The second-order valence-electron chi connectivity index (χ2n) is 6.14. The van der Waals surface area contributed by atoms with Crippen molar-refractivity contribution in [2.45, 2.75) is 19.9 Å². The Bertz CT molecular complexity index is 1170. The van der Waals surface area contributed by atoms with Crippen molar-refractivity contribution in [3.8, 4) is 11.1 Å². The number of rotatable bonds is 3. The Morgan fingerprint density at radius 1 is 1.16 bits per heavy atom. The van der Waals surface area contributed by atoms with Crippen molar-refractivity contribution >= 4 is 38.1 Å². The molecule has 0 N–H and O–H groups in total. The van der Waals surface area contributed by atoms with Crippen LogP contribution in [-0.4, -0.2) is 15.3 Å². The van der Waals surface area contributed by atoms with Gasteiger partial charge in [0, 0.05) is 10.9 Å². The summed E-state index contributed by atoms with van der Waals surface area (Å²) in [5.74, 6) is -0.0641. The number of ketones is 1. The lowest BCUT2D eigenvalue weighted by atomic mass is 10.0. The zero-order chi connectivity index (χ0) is 17.6. The summed E-state index contributed by atoms with van der Waals surface area (Å²) in [7, 11) is 0. The third-order valence-corrected chi connectivity index (χ3v) is 5.47. The van der Waals surface area contributed by atoms with Gasteiger partial charge in [0.05, 0.1) is 17.8 Å². The third kappa shape index (κ3) is 2.57. The van der Waals surface area contributed by atoms with E-state index in [9.17, 15) is 9.59 Å². The van der Waals surface area contributed by atoms with Crippen LogP contribution in [0.25, 0.3) is 32.1 Å². The Labute approximate surface area is 148 Å². The highest BCUT2D eigenvalue weighted by molar-refractivity contribution is 7.17. The van der Waals surface area contributed by atoms with Crippen LogP contribution in [0.4, 0.5) is 0 Å². The van der Waals surface area contributed by atoms with Gasteiger partial charge in [0.2, 0.25) is 0 Å². The molecule has 4 aromatic rings. The number of nitrogens with zero attached hydrogens (tertiary/aromatic N) is 2. The average Bonchev–Trinajstić information content (AvgIpc) is 3.06. The average molecular weight is 348 g/mol. The lowest BCUT2D eigenvalue weighted by molar-refractivity contribution is -0.119. The summed E-state index contributed by atoms with van der Waals surface area (Å²) < 4.78 is 1.42. The first-order valence-corrected chi connectivity index (χ1v) is 8.92. The Hall–Kier alpha value is -2.79. The molecule has 2 aromatic heterocycles. The maximum absolute atomic E-state index is 13.0. The van der Waals surface area contributed by atoms with Gasteiger partial charge in [0.25, 0.3) is 5.56 Å². The van der Waals surface area contributed by atoms with Crippen LogP contribution in [0.2, 0.25) is 0 Å². The molecule has 4 rings (SSSR count). The number of Topliss-reactive ketones (excluding diaryl/α,β-unsaturated/α-hetero) is 1. The van der Waals surface area contributed by atoms with Crippen LogP contribution in [0.1, 0.15) is 19.9 Å². The van der Waals surface area contributed by atoms with Crippen molar-refractivity contribution < 1.29 is 4.79 Å². The molecule has 2 heterocycles. The van der Waals surface area contributed by atoms with Gasteiger partial charge in [-0.15, -0.1) is 11.3 Å². The quantitative estimate of drug-likeness (QED) is 0.550. The van der Waals surface area contributed by atoms with E-state index in [1.807, 2.05) is 23.6 Å². The van der Waals surface area contributed by atoms with Gasteiger partial charge in [-0.1, -0.05) is 36.4 Å². The van der Waals surface area contributed by atoms with Gasteiger partial charge in [0.1, 0.15) is 4.83 Å². The first-order chi connectivity index (χ1) is 12.1. The molecule has 4 nitrogen and oxygen atoms in total. The third-order valence-electron chi connectivity index (χ3n) is 4.59. The minimum atomic E-state index is -0.520. The van der Waals surface area contributed by atoms with Gasteiger partial charge < -0.3 is 0 Å². The van der Waals surface area contributed by atoms with Crippen molar-refractivity contribution in [2.24, 2.45) is 0 Å². The van der Waals surface area contributed by atoms with E-state index in [1.165, 1.54) is 29.2 Å². The van der Waals surface area contributed by atoms with Crippen LogP contribution < -0.4 is 5.56 Å². The minimum absolute atomic E-state index is 0.0641. The van der Waals surface area contributed by atoms with Crippen molar-refractivity contribution in [1.82, 2.24) is 9.55 Å². The Kier molecular flexibility index (Phi) is 3.73. The molecule has 0 aliphatic rings. The summed E-state index contributed by atoms with van der Waals surface area (Å²) in [6.45, 7) is 3.21. The molecule has 124 valence electrons. The predicted molar refractivity (Wildman–Crippen MR) is 102 cm³/mol. The van der Waals surface area contributed by atoms with Crippen LogP contribution in [0.15, 0.2) is 59.0 Å². The van der Waals surface area contributed by atoms with E-state index in [4.69, 9.17) is 0 Å². The summed E-state index contributed by atoms with van der Waals surface area (Å²) in [6.07, 6.45) is 1.47. The molecule has 1 unspecified atom stereocenters. The van der Waals surface area contributed by atoms with Crippen LogP contribution in [0.3, 0.4) is 0 Å². The largest absolute Gasteiger partial charge is 0.298 e. The first-order valence-electron chi connectivity index (χ1n) is 8.04. The number of benzene rings is 2. The smallest absolute Gasteiger partial charge is 0.263 e. The second-order valence-corrected chi connectivity index (χ2v) is 6.99. The fourth-order valence-electron chi connectivity index (χ4n) is 2.99. The highest BCUT2D eigenvalue weighted by Crippen LogP contribution is 2.32. The van der Waals surface area contributed by atoms with Gasteiger partial charge in [-0.05, 0) is 36.2 Å².